The van der Waals surface area contributed by atoms with Gasteiger partial charge in [-0.2, -0.15) is 0 Å². The molecule has 0 spiro atoms. The fourth-order valence-corrected chi connectivity index (χ4v) is 3.39. The summed E-state index contributed by atoms with van der Waals surface area (Å²) in [4.78, 5) is 26.9. The van der Waals surface area contributed by atoms with Crippen LogP contribution in [0.5, 0.6) is 5.75 Å². The Kier molecular flexibility index (Phi) is 6.12. The second-order valence-corrected chi connectivity index (χ2v) is 6.72. The molecule has 0 radical (unpaired) electrons. The van der Waals surface area contributed by atoms with Gasteiger partial charge in [0.15, 0.2) is 0 Å². The van der Waals surface area contributed by atoms with Gasteiger partial charge in [0.1, 0.15) is 5.75 Å². The number of methoxy groups -OCH3 is 1. The van der Waals surface area contributed by atoms with Crippen molar-refractivity contribution in [3.05, 3.63) is 60.2 Å². The molecule has 0 heterocycles. The lowest BCUT2D eigenvalue weighted by Crippen LogP contribution is -2.34. The van der Waals surface area contributed by atoms with E-state index < -0.39 is 0 Å². The quantitative estimate of drug-likeness (QED) is 0.781. The highest BCUT2D eigenvalue weighted by Crippen LogP contribution is 2.40. The lowest BCUT2D eigenvalue weighted by atomic mass is 10.1. The van der Waals surface area contributed by atoms with Gasteiger partial charge in [0, 0.05) is 18.8 Å². The maximum Gasteiger partial charge on any atom is 0.230 e. The van der Waals surface area contributed by atoms with Crippen molar-refractivity contribution in [2.45, 2.75) is 19.8 Å². The Labute approximate surface area is 160 Å². The monoisotopic (exact) mass is 366 g/mol. The average Bonchev–Trinajstić information content (AvgIpc) is 3.50. The zero-order chi connectivity index (χ0) is 19.2. The van der Waals surface area contributed by atoms with Crippen molar-refractivity contribution in [3.8, 4) is 5.75 Å². The number of para-hydroxylation sites is 2. The first kappa shape index (κ1) is 19.0. The van der Waals surface area contributed by atoms with Gasteiger partial charge < -0.3 is 15.0 Å². The Hall–Kier alpha value is -2.82. The number of rotatable bonds is 8. The molecular weight excluding hydrogens is 340 g/mol. The molecule has 2 aromatic carbocycles. The number of hydrogen-bond acceptors (Lipinski definition) is 3. The highest BCUT2D eigenvalue weighted by molar-refractivity contribution is 6.01. The first-order valence-corrected chi connectivity index (χ1v) is 9.41. The molecule has 2 atom stereocenters. The van der Waals surface area contributed by atoms with E-state index >= 15 is 0 Å². The molecule has 1 saturated carbocycles. The highest BCUT2D eigenvalue weighted by Gasteiger charge is 2.49. The summed E-state index contributed by atoms with van der Waals surface area (Å²) in [6.45, 7) is 3.09. The maximum atomic E-state index is 12.8. The zero-order valence-corrected chi connectivity index (χ0v) is 15.9. The van der Waals surface area contributed by atoms with Crippen LogP contribution in [0.2, 0.25) is 0 Å². The van der Waals surface area contributed by atoms with E-state index in [2.05, 4.69) is 5.32 Å². The standard InChI is InChI=1S/C22H26N2O3/c1-3-24(17-10-5-4-6-11-17)22(26)19-15-18(19)21(25)23-14-13-16-9-7-8-12-20(16)27-2/h4-12,18-19H,3,13-15H2,1-2H3,(H,23,25). The van der Waals surface area contributed by atoms with Gasteiger partial charge in [0.2, 0.25) is 11.8 Å². The number of hydrogen-bond donors (Lipinski definition) is 1. The van der Waals surface area contributed by atoms with Gasteiger partial charge in [0.05, 0.1) is 18.9 Å². The lowest BCUT2D eigenvalue weighted by Gasteiger charge is -2.21. The number of carbonyl (C=O) groups excluding carboxylic acids is 2. The van der Waals surface area contributed by atoms with Crippen LogP contribution in [-0.2, 0) is 16.0 Å². The summed E-state index contributed by atoms with van der Waals surface area (Å²) in [6.07, 6.45) is 1.33. The third kappa shape index (κ3) is 4.48. The normalized spacial score (nSPS) is 17.9. The largest absolute Gasteiger partial charge is 0.496 e. The molecular formula is C22H26N2O3. The van der Waals surface area contributed by atoms with Crippen molar-refractivity contribution < 1.29 is 14.3 Å². The number of benzene rings is 2. The molecule has 1 aliphatic carbocycles. The van der Waals surface area contributed by atoms with Crippen LogP contribution in [0, 0.1) is 11.8 Å². The molecule has 2 amide bonds. The number of ether oxygens (including phenoxy) is 1. The molecule has 1 aliphatic rings. The van der Waals surface area contributed by atoms with E-state index in [4.69, 9.17) is 4.74 Å². The first-order valence-electron chi connectivity index (χ1n) is 9.41. The Morgan fingerprint density at radius 1 is 1.07 bits per heavy atom. The molecule has 2 aromatic rings. The topological polar surface area (TPSA) is 58.6 Å². The minimum Gasteiger partial charge on any atom is -0.496 e. The minimum atomic E-state index is -0.215. The second kappa shape index (κ2) is 8.71. The smallest absolute Gasteiger partial charge is 0.230 e. The Morgan fingerprint density at radius 3 is 2.48 bits per heavy atom. The van der Waals surface area contributed by atoms with Gasteiger partial charge in [0.25, 0.3) is 0 Å². The van der Waals surface area contributed by atoms with Gasteiger partial charge >= 0.3 is 0 Å². The van der Waals surface area contributed by atoms with E-state index in [9.17, 15) is 9.59 Å². The number of nitrogens with one attached hydrogen (secondary N) is 1. The van der Waals surface area contributed by atoms with Crippen molar-refractivity contribution in [1.29, 1.82) is 0 Å². The second-order valence-electron chi connectivity index (χ2n) is 6.72. The van der Waals surface area contributed by atoms with Gasteiger partial charge in [-0.25, -0.2) is 0 Å². The van der Waals surface area contributed by atoms with Crippen LogP contribution in [-0.4, -0.2) is 32.0 Å². The molecule has 0 aliphatic heterocycles. The summed E-state index contributed by atoms with van der Waals surface area (Å²) in [5, 5.41) is 2.96. The number of carbonyl (C=O) groups is 2. The van der Waals surface area contributed by atoms with Crippen molar-refractivity contribution in [2.75, 3.05) is 25.1 Å². The van der Waals surface area contributed by atoms with Crippen LogP contribution in [0.15, 0.2) is 54.6 Å². The lowest BCUT2D eigenvalue weighted by molar-refractivity contribution is -0.126. The van der Waals surface area contributed by atoms with Crippen LogP contribution >= 0.6 is 0 Å². The van der Waals surface area contributed by atoms with Crippen LogP contribution in [0.3, 0.4) is 0 Å². The summed E-state index contributed by atoms with van der Waals surface area (Å²) in [5.41, 5.74) is 1.94. The molecule has 1 fully saturated rings. The van der Waals surface area contributed by atoms with Crippen molar-refractivity contribution in [3.63, 3.8) is 0 Å². The maximum absolute atomic E-state index is 12.8. The van der Waals surface area contributed by atoms with Gasteiger partial charge in [-0.05, 0) is 43.5 Å². The minimum absolute atomic E-state index is 0.0348. The summed E-state index contributed by atoms with van der Waals surface area (Å²) in [6, 6.07) is 17.4. The van der Waals surface area contributed by atoms with Gasteiger partial charge in [-0.1, -0.05) is 36.4 Å². The molecule has 5 nitrogen and oxygen atoms in total. The third-order valence-corrected chi connectivity index (χ3v) is 4.98. The van der Waals surface area contributed by atoms with Crippen molar-refractivity contribution >= 4 is 17.5 Å². The predicted octanol–water partition coefficient (Wildman–Crippen LogP) is 3.04. The summed E-state index contributed by atoms with van der Waals surface area (Å²) < 4.78 is 5.33. The van der Waals surface area contributed by atoms with E-state index in [1.165, 1.54) is 0 Å². The van der Waals surface area contributed by atoms with Crippen LogP contribution in [0.25, 0.3) is 0 Å². The molecule has 2 unspecified atom stereocenters. The van der Waals surface area contributed by atoms with Crippen molar-refractivity contribution in [2.24, 2.45) is 11.8 Å². The molecule has 5 heteroatoms. The van der Waals surface area contributed by atoms with E-state index in [0.29, 0.717) is 25.9 Å². The molecule has 0 saturated heterocycles. The molecule has 27 heavy (non-hydrogen) atoms. The number of amides is 2. The SMILES string of the molecule is CCN(C(=O)C1CC1C(=O)NCCc1ccccc1OC)c1ccccc1. The molecule has 0 bridgehead atoms. The molecule has 1 N–H and O–H groups in total. The van der Waals surface area contributed by atoms with E-state index in [-0.39, 0.29) is 23.7 Å². The summed E-state index contributed by atoms with van der Waals surface area (Å²) in [7, 11) is 1.64. The van der Waals surface area contributed by atoms with Gasteiger partial charge in [-0.3, -0.25) is 9.59 Å². The Bertz CT molecular complexity index is 791. The number of anilines is 1. The third-order valence-electron chi connectivity index (χ3n) is 4.98. The van der Waals surface area contributed by atoms with Crippen LogP contribution in [0.4, 0.5) is 5.69 Å². The van der Waals surface area contributed by atoms with E-state index in [1.54, 1.807) is 12.0 Å². The zero-order valence-electron chi connectivity index (χ0n) is 15.9. The highest BCUT2D eigenvalue weighted by atomic mass is 16.5. The summed E-state index contributed by atoms with van der Waals surface area (Å²) >= 11 is 0. The van der Waals surface area contributed by atoms with Gasteiger partial charge in [-0.15, -0.1) is 0 Å². The molecule has 3 rings (SSSR count). The van der Waals surface area contributed by atoms with E-state index in [1.807, 2.05) is 61.5 Å². The molecule has 0 aromatic heterocycles. The van der Waals surface area contributed by atoms with Crippen molar-refractivity contribution in [1.82, 2.24) is 5.32 Å². The van der Waals surface area contributed by atoms with Crippen LogP contribution < -0.4 is 15.0 Å². The average molecular weight is 366 g/mol. The Morgan fingerprint density at radius 2 is 1.78 bits per heavy atom. The van der Waals surface area contributed by atoms with E-state index in [0.717, 1.165) is 17.0 Å². The fraction of sp³-hybridized carbons (Fsp3) is 0.364. The Balaban J connectivity index is 1.50. The number of nitrogens with zero attached hydrogens (tertiary/aromatic N) is 1. The summed E-state index contributed by atoms with van der Waals surface area (Å²) in [5.74, 6) is 0.401. The predicted molar refractivity (Wildman–Crippen MR) is 106 cm³/mol. The molecule has 142 valence electrons. The first-order chi connectivity index (χ1) is 13.2. The van der Waals surface area contributed by atoms with Crippen LogP contribution in [0.1, 0.15) is 18.9 Å². The fourth-order valence-electron chi connectivity index (χ4n) is 3.39.